The second-order valence-corrected chi connectivity index (χ2v) is 13.8. The molecular weight excluding hydrogens is 618 g/mol. The Bertz CT molecular complexity index is 1510. The van der Waals surface area contributed by atoms with E-state index in [1.807, 2.05) is 59.5 Å². The molecule has 9 nitrogen and oxygen atoms in total. The van der Waals surface area contributed by atoms with Crippen molar-refractivity contribution >= 4 is 17.7 Å². The van der Waals surface area contributed by atoms with E-state index in [2.05, 4.69) is 29.2 Å². The third-order valence-corrected chi connectivity index (χ3v) is 10.5. The lowest BCUT2D eigenvalue weighted by Gasteiger charge is -2.29. The van der Waals surface area contributed by atoms with Crippen LogP contribution in [-0.4, -0.2) is 98.9 Å². The molecule has 1 heterocycles. The molecule has 2 saturated carbocycles. The Morgan fingerprint density at radius 2 is 1.51 bits per heavy atom. The van der Waals surface area contributed by atoms with Crippen LogP contribution >= 0.6 is 0 Å². The zero-order chi connectivity index (χ0) is 34.2. The lowest BCUT2D eigenvalue weighted by atomic mass is 10.0. The van der Waals surface area contributed by atoms with Crippen LogP contribution in [0.15, 0.2) is 78.9 Å². The first-order valence-corrected chi connectivity index (χ1v) is 17.8. The fourth-order valence-corrected chi connectivity index (χ4v) is 7.83. The summed E-state index contributed by atoms with van der Waals surface area (Å²) >= 11 is 0. The first-order valence-electron chi connectivity index (χ1n) is 17.8. The quantitative estimate of drug-likeness (QED) is 0.132. The smallest absolute Gasteiger partial charge is 0.412 e. The Hall–Kier alpha value is -3.76. The fraction of sp³-hybridized carbons (Fsp3) is 0.500. The van der Waals surface area contributed by atoms with Crippen molar-refractivity contribution in [2.45, 2.75) is 63.3 Å². The third kappa shape index (κ3) is 9.08. The summed E-state index contributed by atoms with van der Waals surface area (Å²) in [6, 6.07) is 27.0. The molecule has 3 atom stereocenters. The van der Waals surface area contributed by atoms with Gasteiger partial charge in [0.15, 0.2) is 6.29 Å². The Labute approximate surface area is 290 Å². The summed E-state index contributed by atoms with van der Waals surface area (Å²) in [7, 11) is 3.19. The highest BCUT2D eigenvalue weighted by Gasteiger charge is 2.44. The van der Waals surface area contributed by atoms with Crippen molar-refractivity contribution < 1.29 is 28.9 Å². The molecule has 3 aliphatic rings. The van der Waals surface area contributed by atoms with Gasteiger partial charge in [-0.25, -0.2) is 4.79 Å². The van der Waals surface area contributed by atoms with Crippen LogP contribution in [0.25, 0.3) is 11.1 Å². The molecule has 0 radical (unpaired) electrons. The maximum atomic E-state index is 12.8. The number of ether oxygens (including phenoxy) is 3. The first-order chi connectivity index (χ1) is 23.9. The van der Waals surface area contributed by atoms with E-state index < -0.39 is 12.4 Å². The van der Waals surface area contributed by atoms with Gasteiger partial charge in [0.05, 0.1) is 31.9 Å². The van der Waals surface area contributed by atoms with Gasteiger partial charge in [-0.15, -0.1) is 0 Å². The van der Waals surface area contributed by atoms with Gasteiger partial charge in [0, 0.05) is 51.5 Å². The zero-order valence-electron chi connectivity index (χ0n) is 28.9. The normalized spacial score (nSPS) is 20.4. The van der Waals surface area contributed by atoms with Crippen LogP contribution in [0.5, 0.6) is 0 Å². The molecule has 1 unspecified atom stereocenters. The molecule has 3 aromatic carbocycles. The van der Waals surface area contributed by atoms with E-state index in [0.717, 1.165) is 75.0 Å². The van der Waals surface area contributed by atoms with E-state index in [1.165, 1.54) is 11.1 Å². The van der Waals surface area contributed by atoms with Gasteiger partial charge < -0.3 is 29.1 Å². The molecule has 6 rings (SSSR count). The van der Waals surface area contributed by atoms with Crippen LogP contribution in [0.4, 0.5) is 10.5 Å². The Kier molecular flexibility index (Phi) is 12.0. The van der Waals surface area contributed by atoms with Crippen LogP contribution < -0.4 is 4.90 Å². The minimum atomic E-state index is -0.872. The SMILES string of the molecule is COC(CN(C(=O)CCOCCc1cccc(CCN2C[C@H]3CC(N(C(=O)O)c4ccccc4-c4ccccc4)C[C@H]3C2)c1)C1CC1)OC. The van der Waals surface area contributed by atoms with Gasteiger partial charge in [-0.1, -0.05) is 72.8 Å². The molecule has 1 N–H and O–H groups in total. The van der Waals surface area contributed by atoms with Gasteiger partial charge >= 0.3 is 6.09 Å². The van der Waals surface area contributed by atoms with Crippen molar-refractivity contribution in [3.05, 3.63) is 90.0 Å². The molecule has 262 valence electrons. The molecule has 0 bridgehead atoms. The molecule has 2 aliphatic carbocycles. The average Bonchev–Trinajstić information content (AvgIpc) is 3.78. The lowest BCUT2D eigenvalue weighted by Crippen LogP contribution is -2.40. The van der Waals surface area contributed by atoms with E-state index in [4.69, 9.17) is 14.2 Å². The van der Waals surface area contributed by atoms with Crippen molar-refractivity contribution in [3.63, 3.8) is 0 Å². The lowest BCUT2D eigenvalue weighted by molar-refractivity contribution is -0.147. The predicted octanol–water partition coefficient (Wildman–Crippen LogP) is 6.35. The van der Waals surface area contributed by atoms with Crippen molar-refractivity contribution in [1.29, 1.82) is 0 Å². The minimum Gasteiger partial charge on any atom is -0.465 e. The van der Waals surface area contributed by atoms with Gasteiger partial charge in [0.25, 0.3) is 0 Å². The van der Waals surface area contributed by atoms with Crippen molar-refractivity contribution in [1.82, 2.24) is 9.80 Å². The highest BCUT2D eigenvalue weighted by molar-refractivity contribution is 5.93. The van der Waals surface area contributed by atoms with Crippen molar-refractivity contribution in [3.8, 4) is 11.1 Å². The highest BCUT2D eigenvalue weighted by Crippen LogP contribution is 2.43. The number of anilines is 1. The molecule has 1 saturated heterocycles. The molecular formula is C40H51N3O6. The van der Waals surface area contributed by atoms with Gasteiger partial charge in [0.1, 0.15) is 0 Å². The standard InChI is InChI=1S/C40H51N3O6/c1-47-39(48-2)28-42(34-15-16-34)38(44)19-22-49-21-18-30-10-8-9-29(23-30)17-20-41-26-32-24-35(25-33(32)27-41)43(40(45)46)37-14-7-6-13-36(37)31-11-4-3-5-12-31/h3-14,23,32-35,39H,15-22,24-28H2,1-2H3,(H,45,46)/t32-,33+,35?. The molecule has 0 spiro atoms. The fourth-order valence-electron chi connectivity index (χ4n) is 7.83. The van der Waals surface area contributed by atoms with Gasteiger partial charge in [-0.2, -0.15) is 0 Å². The molecule has 9 heteroatoms. The summed E-state index contributed by atoms with van der Waals surface area (Å²) in [6.07, 6.45) is 4.77. The number of amides is 2. The highest BCUT2D eigenvalue weighted by atomic mass is 16.7. The molecule has 49 heavy (non-hydrogen) atoms. The van der Waals surface area contributed by atoms with Crippen LogP contribution in [0.1, 0.15) is 43.2 Å². The zero-order valence-corrected chi connectivity index (χ0v) is 28.9. The number of fused-ring (bicyclic) bond motifs is 1. The number of hydrogen-bond donors (Lipinski definition) is 1. The summed E-state index contributed by atoms with van der Waals surface area (Å²) in [5.74, 6) is 1.13. The van der Waals surface area contributed by atoms with Crippen LogP contribution in [0.2, 0.25) is 0 Å². The monoisotopic (exact) mass is 669 g/mol. The number of hydrogen-bond acceptors (Lipinski definition) is 6. The van der Waals surface area contributed by atoms with Crippen LogP contribution in [0.3, 0.4) is 0 Å². The number of likely N-dealkylation sites (tertiary alicyclic amines) is 1. The Morgan fingerprint density at radius 3 is 2.18 bits per heavy atom. The molecule has 3 aromatic rings. The number of methoxy groups -OCH3 is 2. The maximum Gasteiger partial charge on any atom is 0.412 e. The largest absolute Gasteiger partial charge is 0.465 e. The maximum absolute atomic E-state index is 12.8. The second kappa shape index (κ2) is 16.8. The summed E-state index contributed by atoms with van der Waals surface area (Å²) in [5.41, 5.74) is 5.34. The van der Waals surface area contributed by atoms with E-state index in [-0.39, 0.29) is 11.9 Å². The van der Waals surface area contributed by atoms with Crippen molar-refractivity contribution in [2.75, 3.05) is 58.5 Å². The van der Waals surface area contributed by atoms with Crippen LogP contribution in [-0.2, 0) is 31.8 Å². The molecule has 2 amide bonds. The number of nitrogens with zero attached hydrogens (tertiary/aromatic N) is 3. The Morgan fingerprint density at radius 1 is 0.837 bits per heavy atom. The van der Waals surface area contributed by atoms with E-state index in [0.29, 0.717) is 44.1 Å². The summed E-state index contributed by atoms with van der Waals surface area (Å²) in [4.78, 5) is 31.5. The van der Waals surface area contributed by atoms with Gasteiger partial charge in [-0.05, 0) is 73.1 Å². The summed E-state index contributed by atoms with van der Waals surface area (Å²) in [5, 5.41) is 10.4. The van der Waals surface area contributed by atoms with E-state index >= 15 is 0 Å². The van der Waals surface area contributed by atoms with E-state index in [9.17, 15) is 14.7 Å². The molecule has 3 fully saturated rings. The minimum absolute atomic E-state index is 0.00709. The first kappa shape index (κ1) is 35.1. The average molecular weight is 670 g/mol. The second-order valence-electron chi connectivity index (χ2n) is 13.8. The van der Waals surface area contributed by atoms with Gasteiger partial charge in [0.2, 0.25) is 5.91 Å². The number of rotatable bonds is 17. The number of para-hydroxylation sites is 1. The third-order valence-electron chi connectivity index (χ3n) is 10.5. The van der Waals surface area contributed by atoms with Crippen molar-refractivity contribution in [2.24, 2.45) is 11.8 Å². The van der Waals surface area contributed by atoms with Gasteiger partial charge in [-0.3, -0.25) is 9.69 Å². The summed E-state index contributed by atoms with van der Waals surface area (Å²) in [6.45, 7) is 4.50. The summed E-state index contributed by atoms with van der Waals surface area (Å²) < 4.78 is 16.5. The molecule has 1 aliphatic heterocycles. The van der Waals surface area contributed by atoms with Crippen LogP contribution in [0, 0.1) is 11.8 Å². The topological polar surface area (TPSA) is 91.8 Å². The predicted molar refractivity (Wildman–Crippen MR) is 191 cm³/mol. The van der Waals surface area contributed by atoms with E-state index in [1.54, 1.807) is 19.1 Å². The number of carbonyl (C=O) groups excluding carboxylic acids is 1. The number of carbonyl (C=O) groups is 2. The Balaban J connectivity index is 0.936. The molecule has 0 aromatic heterocycles. The number of benzene rings is 3. The number of carboxylic acid groups (broad SMARTS) is 1.